The zero-order valence-electron chi connectivity index (χ0n) is 14.2. The summed E-state index contributed by atoms with van der Waals surface area (Å²) in [6.45, 7) is 3.60. The summed E-state index contributed by atoms with van der Waals surface area (Å²) in [5, 5.41) is 2.71. The fourth-order valence-corrected chi connectivity index (χ4v) is 3.90. The third-order valence-corrected chi connectivity index (χ3v) is 5.27. The zero-order chi connectivity index (χ0) is 16.2. The standard InChI is InChI=1S/C23H25N/c1-2-6-20(7-3-1)17-24-15-14-21(18-24)11-10-19-12-13-22-8-4-5-9-23(22)16-19/h1-9,12-13,16,21H,10-11,14-15,17-18H2. The molecule has 1 nitrogen and oxygen atoms in total. The van der Waals surface area contributed by atoms with E-state index in [0.717, 1.165) is 12.5 Å². The van der Waals surface area contributed by atoms with Crippen LogP contribution in [0.25, 0.3) is 10.8 Å². The van der Waals surface area contributed by atoms with Gasteiger partial charge in [0.25, 0.3) is 0 Å². The lowest BCUT2D eigenvalue weighted by atomic mass is 9.97. The molecule has 1 heteroatoms. The molecule has 1 aliphatic rings. The Morgan fingerprint density at radius 3 is 2.46 bits per heavy atom. The Hall–Kier alpha value is -2.12. The van der Waals surface area contributed by atoms with Gasteiger partial charge in [0, 0.05) is 13.1 Å². The molecule has 24 heavy (non-hydrogen) atoms. The second-order valence-electron chi connectivity index (χ2n) is 7.10. The molecule has 3 aromatic carbocycles. The first-order valence-corrected chi connectivity index (χ1v) is 9.11. The average molecular weight is 315 g/mol. The SMILES string of the molecule is c1ccc(CN2CCC(CCc3ccc4ccccc4c3)C2)cc1. The Kier molecular flexibility index (Phi) is 4.62. The minimum atomic E-state index is 0.847. The Morgan fingerprint density at radius 1 is 0.792 bits per heavy atom. The minimum absolute atomic E-state index is 0.847. The highest BCUT2D eigenvalue weighted by atomic mass is 15.1. The van der Waals surface area contributed by atoms with Gasteiger partial charge in [0.1, 0.15) is 0 Å². The summed E-state index contributed by atoms with van der Waals surface area (Å²) in [4.78, 5) is 2.61. The summed E-state index contributed by atoms with van der Waals surface area (Å²) >= 11 is 0. The molecule has 1 aliphatic heterocycles. The molecule has 122 valence electrons. The van der Waals surface area contributed by atoms with Crippen molar-refractivity contribution in [3.05, 3.63) is 83.9 Å². The highest BCUT2D eigenvalue weighted by molar-refractivity contribution is 5.82. The van der Waals surface area contributed by atoms with Crippen LogP contribution in [0.4, 0.5) is 0 Å². The van der Waals surface area contributed by atoms with Gasteiger partial charge in [-0.1, -0.05) is 72.8 Å². The van der Waals surface area contributed by atoms with E-state index in [4.69, 9.17) is 0 Å². The third-order valence-electron chi connectivity index (χ3n) is 5.27. The van der Waals surface area contributed by atoms with E-state index >= 15 is 0 Å². The van der Waals surface area contributed by atoms with Gasteiger partial charge in [0.05, 0.1) is 0 Å². The van der Waals surface area contributed by atoms with Crippen LogP contribution in [0, 0.1) is 5.92 Å². The Morgan fingerprint density at radius 2 is 1.58 bits per heavy atom. The Balaban J connectivity index is 1.31. The van der Waals surface area contributed by atoms with Gasteiger partial charge in [-0.25, -0.2) is 0 Å². The van der Waals surface area contributed by atoms with E-state index in [1.165, 1.54) is 54.3 Å². The van der Waals surface area contributed by atoms with Crippen molar-refractivity contribution in [2.24, 2.45) is 5.92 Å². The summed E-state index contributed by atoms with van der Waals surface area (Å²) in [6.07, 6.45) is 3.86. The summed E-state index contributed by atoms with van der Waals surface area (Å²) < 4.78 is 0. The van der Waals surface area contributed by atoms with Crippen molar-refractivity contribution < 1.29 is 0 Å². The van der Waals surface area contributed by atoms with Gasteiger partial charge in [-0.3, -0.25) is 4.90 Å². The van der Waals surface area contributed by atoms with Crippen LogP contribution in [-0.4, -0.2) is 18.0 Å². The van der Waals surface area contributed by atoms with Crippen molar-refractivity contribution in [3.63, 3.8) is 0 Å². The Bertz CT molecular complexity index is 793. The topological polar surface area (TPSA) is 3.24 Å². The van der Waals surface area contributed by atoms with Gasteiger partial charge in [0.15, 0.2) is 0 Å². The molecule has 0 spiro atoms. The molecule has 0 amide bonds. The molecule has 0 aromatic heterocycles. The number of aryl methyl sites for hydroxylation is 1. The molecule has 1 atom stereocenters. The summed E-state index contributed by atoms with van der Waals surface area (Å²) in [7, 11) is 0. The van der Waals surface area contributed by atoms with Crippen molar-refractivity contribution >= 4 is 10.8 Å². The molecule has 1 fully saturated rings. The second-order valence-corrected chi connectivity index (χ2v) is 7.10. The fourth-order valence-electron chi connectivity index (χ4n) is 3.90. The predicted octanol–water partition coefficient (Wildman–Crippen LogP) is 5.29. The van der Waals surface area contributed by atoms with Gasteiger partial charge < -0.3 is 0 Å². The summed E-state index contributed by atoms with van der Waals surface area (Å²) in [5.74, 6) is 0.847. The maximum absolute atomic E-state index is 2.61. The maximum Gasteiger partial charge on any atom is 0.0233 e. The van der Waals surface area contributed by atoms with Gasteiger partial charge in [-0.15, -0.1) is 0 Å². The van der Waals surface area contributed by atoms with E-state index < -0.39 is 0 Å². The molecule has 0 radical (unpaired) electrons. The molecular formula is C23H25N. The van der Waals surface area contributed by atoms with Gasteiger partial charge in [0.2, 0.25) is 0 Å². The highest BCUT2D eigenvalue weighted by Crippen LogP contribution is 2.24. The maximum atomic E-state index is 2.61. The number of hydrogen-bond acceptors (Lipinski definition) is 1. The van der Waals surface area contributed by atoms with Gasteiger partial charge in [-0.05, 0) is 53.6 Å². The third kappa shape index (κ3) is 3.68. The van der Waals surface area contributed by atoms with Crippen molar-refractivity contribution in [1.29, 1.82) is 0 Å². The van der Waals surface area contributed by atoms with Crippen molar-refractivity contribution in [2.45, 2.75) is 25.8 Å². The zero-order valence-corrected chi connectivity index (χ0v) is 14.2. The monoisotopic (exact) mass is 315 g/mol. The Labute approximate surface area is 144 Å². The molecule has 3 aromatic rings. The van der Waals surface area contributed by atoms with Crippen molar-refractivity contribution in [2.75, 3.05) is 13.1 Å². The van der Waals surface area contributed by atoms with E-state index in [1.54, 1.807) is 0 Å². The van der Waals surface area contributed by atoms with Crippen LogP contribution in [-0.2, 0) is 13.0 Å². The normalized spacial score (nSPS) is 18.2. The first-order chi connectivity index (χ1) is 11.9. The van der Waals surface area contributed by atoms with Crippen LogP contribution in [0.1, 0.15) is 24.0 Å². The number of hydrogen-bond donors (Lipinski definition) is 0. The fraction of sp³-hybridized carbons (Fsp3) is 0.304. The van der Waals surface area contributed by atoms with Crippen LogP contribution < -0.4 is 0 Å². The highest BCUT2D eigenvalue weighted by Gasteiger charge is 2.22. The molecule has 0 saturated carbocycles. The second kappa shape index (κ2) is 7.19. The van der Waals surface area contributed by atoms with Gasteiger partial charge in [-0.2, -0.15) is 0 Å². The predicted molar refractivity (Wildman–Crippen MR) is 102 cm³/mol. The van der Waals surface area contributed by atoms with Crippen molar-refractivity contribution in [3.8, 4) is 0 Å². The van der Waals surface area contributed by atoms with Crippen LogP contribution in [0.15, 0.2) is 72.8 Å². The van der Waals surface area contributed by atoms with Crippen molar-refractivity contribution in [1.82, 2.24) is 4.90 Å². The van der Waals surface area contributed by atoms with E-state index in [-0.39, 0.29) is 0 Å². The van der Waals surface area contributed by atoms with E-state index in [1.807, 2.05) is 0 Å². The lowest BCUT2D eigenvalue weighted by Gasteiger charge is -2.16. The number of rotatable bonds is 5. The van der Waals surface area contributed by atoms with Crippen LogP contribution in [0.2, 0.25) is 0 Å². The largest absolute Gasteiger partial charge is 0.299 e. The van der Waals surface area contributed by atoms with E-state index in [0.29, 0.717) is 0 Å². The number of nitrogens with zero attached hydrogens (tertiary/aromatic N) is 1. The minimum Gasteiger partial charge on any atom is -0.299 e. The quantitative estimate of drug-likeness (QED) is 0.618. The van der Waals surface area contributed by atoms with Gasteiger partial charge >= 0.3 is 0 Å². The molecule has 4 rings (SSSR count). The summed E-state index contributed by atoms with van der Waals surface area (Å²) in [6, 6.07) is 26.4. The molecule has 1 heterocycles. The van der Waals surface area contributed by atoms with Crippen LogP contribution in [0.5, 0.6) is 0 Å². The van der Waals surface area contributed by atoms with Crippen LogP contribution >= 0.6 is 0 Å². The summed E-state index contributed by atoms with van der Waals surface area (Å²) in [5.41, 5.74) is 2.92. The molecule has 1 unspecified atom stereocenters. The smallest absolute Gasteiger partial charge is 0.0233 e. The van der Waals surface area contributed by atoms with E-state index in [9.17, 15) is 0 Å². The molecule has 1 saturated heterocycles. The first-order valence-electron chi connectivity index (χ1n) is 9.11. The number of likely N-dealkylation sites (tertiary alicyclic amines) is 1. The first kappa shape index (κ1) is 15.4. The molecule has 0 aliphatic carbocycles. The average Bonchev–Trinajstić information content (AvgIpc) is 3.08. The molecule has 0 bridgehead atoms. The number of fused-ring (bicyclic) bond motifs is 1. The van der Waals surface area contributed by atoms with Crippen LogP contribution in [0.3, 0.4) is 0 Å². The molecular weight excluding hydrogens is 290 g/mol. The lowest BCUT2D eigenvalue weighted by Crippen LogP contribution is -2.20. The number of benzene rings is 3. The lowest BCUT2D eigenvalue weighted by molar-refractivity contribution is 0.313. The molecule has 0 N–H and O–H groups in total. The van der Waals surface area contributed by atoms with E-state index in [2.05, 4.69) is 77.7 Å².